The molecule has 0 atom stereocenters. The van der Waals surface area contributed by atoms with E-state index in [0.717, 1.165) is 6.42 Å². The molecular formula is C16H22O. The second kappa shape index (κ2) is 4.64. The molecule has 0 saturated heterocycles. The number of benzene rings is 1. The highest BCUT2D eigenvalue weighted by Crippen LogP contribution is 2.33. The first-order valence-corrected chi connectivity index (χ1v) is 6.56. The topological polar surface area (TPSA) is 17.1 Å². The van der Waals surface area contributed by atoms with Crippen molar-refractivity contribution in [1.82, 2.24) is 0 Å². The van der Waals surface area contributed by atoms with Gasteiger partial charge in [0.25, 0.3) is 0 Å². The van der Waals surface area contributed by atoms with E-state index in [0.29, 0.717) is 18.1 Å². The van der Waals surface area contributed by atoms with E-state index in [1.807, 2.05) is 0 Å². The van der Waals surface area contributed by atoms with Crippen LogP contribution in [-0.2, 0) is 16.6 Å². The first kappa shape index (κ1) is 12.3. The summed E-state index contributed by atoms with van der Waals surface area (Å²) in [6.45, 7) is 6.62. The molecule has 0 unspecified atom stereocenters. The Morgan fingerprint density at radius 2 is 2.00 bits per heavy atom. The molecule has 0 aliphatic heterocycles. The Morgan fingerprint density at radius 3 is 2.59 bits per heavy atom. The fourth-order valence-electron chi connectivity index (χ4n) is 2.09. The molecule has 1 nitrogen and oxygen atoms in total. The van der Waals surface area contributed by atoms with Gasteiger partial charge in [-0.3, -0.25) is 4.79 Å². The number of carbonyl (C=O) groups is 1. The Bertz CT molecular complexity index is 408. The van der Waals surface area contributed by atoms with Gasteiger partial charge in [-0.1, -0.05) is 45.0 Å². The molecule has 1 aliphatic carbocycles. The molecule has 1 aromatic carbocycles. The molecular weight excluding hydrogens is 208 g/mol. The van der Waals surface area contributed by atoms with E-state index in [9.17, 15) is 4.79 Å². The largest absolute Gasteiger partial charge is 0.299 e. The summed E-state index contributed by atoms with van der Waals surface area (Å²) in [5, 5.41) is 0. The Labute approximate surface area is 104 Å². The summed E-state index contributed by atoms with van der Waals surface area (Å²) >= 11 is 0. The van der Waals surface area contributed by atoms with Gasteiger partial charge in [-0.05, 0) is 35.3 Å². The van der Waals surface area contributed by atoms with Crippen LogP contribution in [0.25, 0.3) is 0 Å². The van der Waals surface area contributed by atoms with Gasteiger partial charge in [0.1, 0.15) is 5.78 Å². The Kier molecular flexibility index (Phi) is 3.37. The van der Waals surface area contributed by atoms with Gasteiger partial charge in [-0.15, -0.1) is 0 Å². The minimum absolute atomic E-state index is 0.162. The van der Waals surface area contributed by atoms with Crippen molar-refractivity contribution in [2.75, 3.05) is 0 Å². The van der Waals surface area contributed by atoms with Crippen LogP contribution < -0.4 is 0 Å². The third kappa shape index (κ3) is 3.69. The van der Waals surface area contributed by atoms with E-state index >= 15 is 0 Å². The molecule has 0 spiro atoms. The van der Waals surface area contributed by atoms with E-state index < -0.39 is 0 Å². The average molecular weight is 230 g/mol. The number of ketones is 1. The molecule has 0 radical (unpaired) electrons. The van der Waals surface area contributed by atoms with Gasteiger partial charge in [-0.25, -0.2) is 0 Å². The highest BCUT2D eigenvalue weighted by atomic mass is 16.1. The van der Waals surface area contributed by atoms with Gasteiger partial charge in [-0.2, -0.15) is 0 Å². The molecule has 0 aromatic heterocycles. The molecule has 1 aromatic rings. The van der Waals surface area contributed by atoms with Gasteiger partial charge >= 0.3 is 0 Å². The second-order valence-electron chi connectivity index (χ2n) is 6.31. The van der Waals surface area contributed by atoms with Crippen LogP contribution in [0, 0.1) is 5.92 Å². The summed E-state index contributed by atoms with van der Waals surface area (Å²) in [4.78, 5) is 11.8. The minimum Gasteiger partial charge on any atom is -0.299 e. The van der Waals surface area contributed by atoms with E-state index in [1.165, 1.54) is 24.0 Å². The van der Waals surface area contributed by atoms with Gasteiger partial charge in [0.2, 0.25) is 0 Å². The Morgan fingerprint density at radius 1 is 1.29 bits per heavy atom. The summed E-state index contributed by atoms with van der Waals surface area (Å²) in [5.41, 5.74) is 2.65. The van der Waals surface area contributed by atoms with Crippen molar-refractivity contribution in [1.29, 1.82) is 0 Å². The molecule has 1 heteroatoms. The number of hydrogen-bond donors (Lipinski definition) is 0. The quantitative estimate of drug-likeness (QED) is 0.766. The molecule has 1 fully saturated rings. The van der Waals surface area contributed by atoms with Gasteiger partial charge in [0.05, 0.1) is 0 Å². The third-order valence-corrected chi connectivity index (χ3v) is 3.41. The number of Topliss-reactive ketones (excluding diaryl/α,β-unsaturated/α-hetero) is 1. The van der Waals surface area contributed by atoms with Crippen LogP contribution >= 0.6 is 0 Å². The van der Waals surface area contributed by atoms with E-state index in [4.69, 9.17) is 0 Å². The van der Waals surface area contributed by atoms with Crippen LogP contribution in [-0.4, -0.2) is 5.78 Å². The van der Waals surface area contributed by atoms with Crippen molar-refractivity contribution in [3.8, 4) is 0 Å². The molecule has 0 amide bonds. The fourth-order valence-corrected chi connectivity index (χ4v) is 2.09. The number of rotatable bonds is 4. The van der Waals surface area contributed by atoms with E-state index in [-0.39, 0.29) is 5.41 Å². The van der Waals surface area contributed by atoms with Crippen molar-refractivity contribution in [3.63, 3.8) is 0 Å². The maximum atomic E-state index is 11.8. The summed E-state index contributed by atoms with van der Waals surface area (Å²) in [6.07, 6.45) is 3.92. The lowest BCUT2D eigenvalue weighted by atomic mass is 9.85. The lowest BCUT2D eigenvalue weighted by molar-refractivity contribution is -0.118. The smallest absolute Gasteiger partial charge is 0.137 e. The van der Waals surface area contributed by atoms with Crippen LogP contribution in [0.1, 0.15) is 51.2 Å². The van der Waals surface area contributed by atoms with Gasteiger partial charge in [0.15, 0.2) is 0 Å². The molecule has 92 valence electrons. The highest BCUT2D eigenvalue weighted by Gasteiger charge is 2.24. The molecule has 2 rings (SSSR count). The van der Waals surface area contributed by atoms with Crippen molar-refractivity contribution < 1.29 is 4.79 Å². The standard InChI is InChI=1S/C16H22O/c1-16(2,3)14-6-4-5-13(9-14)11-15(17)10-12-7-8-12/h4-6,9,12H,7-8,10-11H2,1-3H3. The van der Waals surface area contributed by atoms with Crippen LogP contribution in [0.15, 0.2) is 24.3 Å². The van der Waals surface area contributed by atoms with Crippen molar-refractivity contribution in [2.45, 2.75) is 51.9 Å². The summed E-state index contributed by atoms with van der Waals surface area (Å²) < 4.78 is 0. The summed E-state index contributed by atoms with van der Waals surface area (Å²) in [5.74, 6) is 1.10. The van der Waals surface area contributed by atoms with Gasteiger partial charge in [0, 0.05) is 12.8 Å². The van der Waals surface area contributed by atoms with Crippen molar-refractivity contribution in [3.05, 3.63) is 35.4 Å². The number of hydrogen-bond acceptors (Lipinski definition) is 1. The number of carbonyl (C=O) groups excluding carboxylic acids is 1. The molecule has 0 bridgehead atoms. The van der Waals surface area contributed by atoms with E-state index in [1.54, 1.807) is 0 Å². The summed E-state index contributed by atoms with van der Waals surface area (Å²) in [6, 6.07) is 8.47. The van der Waals surface area contributed by atoms with Crippen molar-refractivity contribution in [2.24, 2.45) is 5.92 Å². The zero-order chi connectivity index (χ0) is 12.5. The SMILES string of the molecule is CC(C)(C)c1cccc(CC(=O)CC2CC2)c1. The first-order valence-electron chi connectivity index (χ1n) is 6.56. The molecule has 0 N–H and O–H groups in total. The first-order chi connectivity index (χ1) is 7.95. The lowest BCUT2D eigenvalue weighted by Crippen LogP contribution is -2.12. The highest BCUT2D eigenvalue weighted by molar-refractivity contribution is 5.81. The van der Waals surface area contributed by atoms with Gasteiger partial charge < -0.3 is 0 Å². The molecule has 1 saturated carbocycles. The lowest BCUT2D eigenvalue weighted by Gasteiger charge is -2.19. The predicted molar refractivity (Wildman–Crippen MR) is 71.2 cm³/mol. The molecule has 17 heavy (non-hydrogen) atoms. The minimum atomic E-state index is 0.162. The monoisotopic (exact) mass is 230 g/mol. The second-order valence-corrected chi connectivity index (χ2v) is 6.31. The van der Waals surface area contributed by atoms with Crippen LogP contribution in [0.2, 0.25) is 0 Å². The normalized spacial score (nSPS) is 15.9. The third-order valence-electron chi connectivity index (χ3n) is 3.41. The zero-order valence-electron chi connectivity index (χ0n) is 11.1. The Hall–Kier alpha value is -1.11. The Balaban J connectivity index is 2.02. The van der Waals surface area contributed by atoms with Crippen LogP contribution in [0.5, 0.6) is 0 Å². The molecule has 1 aliphatic rings. The van der Waals surface area contributed by atoms with Crippen LogP contribution in [0.4, 0.5) is 0 Å². The maximum absolute atomic E-state index is 11.8. The molecule has 0 heterocycles. The van der Waals surface area contributed by atoms with Crippen LogP contribution in [0.3, 0.4) is 0 Å². The zero-order valence-corrected chi connectivity index (χ0v) is 11.1. The predicted octanol–water partition coefficient (Wildman–Crippen LogP) is 3.90. The van der Waals surface area contributed by atoms with Crippen molar-refractivity contribution >= 4 is 5.78 Å². The summed E-state index contributed by atoms with van der Waals surface area (Å²) in [7, 11) is 0. The maximum Gasteiger partial charge on any atom is 0.137 e. The average Bonchev–Trinajstić information content (AvgIpc) is 3.00. The fraction of sp³-hybridized carbons (Fsp3) is 0.562. The van der Waals surface area contributed by atoms with E-state index in [2.05, 4.69) is 45.0 Å².